The van der Waals surface area contributed by atoms with Crippen molar-refractivity contribution < 1.29 is 19.7 Å². The van der Waals surface area contributed by atoms with Crippen molar-refractivity contribution in [2.45, 2.75) is 12.1 Å². The van der Waals surface area contributed by atoms with E-state index in [0.29, 0.717) is 17.1 Å². The maximum atomic E-state index is 9.83. The average molecular weight is 227 g/mol. The molecule has 0 saturated carbocycles. The zero-order valence-electron chi connectivity index (χ0n) is 9.38. The number of methoxy groups -OCH3 is 2. The Hall–Kier alpha value is -1.30. The number of hydrogen-bond donors (Lipinski definition) is 3. The Balaban J connectivity index is 3.02. The Morgan fingerprint density at radius 2 is 1.69 bits per heavy atom. The predicted molar refractivity (Wildman–Crippen MR) is 59.6 cm³/mol. The average Bonchev–Trinajstić information content (AvgIpc) is 2.35. The van der Waals surface area contributed by atoms with E-state index in [-0.39, 0.29) is 6.61 Å². The quantitative estimate of drug-likeness (QED) is 0.662. The largest absolute Gasteiger partial charge is 0.497 e. The highest BCUT2D eigenvalue weighted by Gasteiger charge is 2.17. The van der Waals surface area contributed by atoms with Gasteiger partial charge in [0.1, 0.15) is 11.5 Å². The fourth-order valence-corrected chi connectivity index (χ4v) is 1.35. The third-order valence-electron chi connectivity index (χ3n) is 2.33. The molecule has 0 aliphatic rings. The third kappa shape index (κ3) is 2.85. The number of benzene rings is 1. The Morgan fingerprint density at radius 1 is 1.19 bits per heavy atom. The van der Waals surface area contributed by atoms with Gasteiger partial charge in [0, 0.05) is 6.07 Å². The van der Waals surface area contributed by atoms with E-state index in [2.05, 4.69) is 0 Å². The summed E-state index contributed by atoms with van der Waals surface area (Å²) in [7, 11) is 3.05. The van der Waals surface area contributed by atoms with Crippen LogP contribution in [-0.2, 0) is 0 Å². The highest BCUT2D eigenvalue weighted by atomic mass is 16.5. The van der Waals surface area contributed by atoms with Crippen LogP contribution in [0.2, 0.25) is 0 Å². The van der Waals surface area contributed by atoms with Gasteiger partial charge in [-0.1, -0.05) is 0 Å². The molecule has 2 atom stereocenters. The summed E-state index contributed by atoms with van der Waals surface area (Å²) in [5.41, 5.74) is 6.10. The van der Waals surface area contributed by atoms with Gasteiger partial charge in [0.05, 0.1) is 33.0 Å². The molecule has 5 heteroatoms. The molecule has 16 heavy (non-hydrogen) atoms. The summed E-state index contributed by atoms with van der Waals surface area (Å²) >= 11 is 0. The second-order valence-corrected chi connectivity index (χ2v) is 3.44. The summed E-state index contributed by atoms with van der Waals surface area (Å²) < 4.78 is 10.1. The highest BCUT2D eigenvalue weighted by molar-refractivity contribution is 5.39. The number of rotatable bonds is 5. The number of nitrogens with two attached hydrogens (primary N) is 1. The van der Waals surface area contributed by atoms with E-state index in [1.807, 2.05) is 0 Å². The molecule has 0 bridgehead atoms. The van der Waals surface area contributed by atoms with Gasteiger partial charge >= 0.3 is 0 Å². The molecule has 0 fully saturated rings. The third-order valence-corrected chi connectivity index (χ3v) is 2.33. The number of ether oxygens (including phenoxy) is 2. The van der Waals surface area contributed by atoms with E-state index in [9.17, 15) is 5.11 Å². The fourth-order valence-electron chi connectivity index (χ4n) is 1.35. The van der Waals surface area contributed by atoms with Crippen molar-refractivity contribution in [2.75, 3.05) is 20.8 Å². The monoisotopic (exact) mass is 227 g/mol. The second kappa shape index (κ2) is 5.69. The maximum Gasteiger partial charge on any atom is 0.122 e. The van der Waals surface area contributed by atoms with Crippen LogP contribution in [0.25, 0.3) is 0 Å². The molecule has 1 rings (SSSR count). The molecule has 0 heterocycles. The van der Waals surface area contributed by atoms with Crippen molar-refractivity contribution in [1.82, 2.24) is 0 Å². The lowest BCUT2D eigenvalue weighted by molar-refractivity contribution is 0.109. The summed E-state index contributed by atoms with van der Waals surface area (Å²) in [6.07, 6.45) is -0.950. The zero-order chi connectivity index (χ0) is 12.1. The first kappa shape index (κ1) is 12.8. The molecule has 2 unspecified atom stereocenters. The van der Waals surface area contributed by atoms with Crippen molar-refractivity contribution in [3.63, 3.8) is 0 Å². The Morgan fingerprint density at radius 3 is 2.06 bits per heavy atom. The number of aliphatic hydroxyl groups is 2. The lowest BCUT2D eigenvalue weighted by Gasteiger charge is -2.18. The van der Waals surface area contributed by atoms with Crippen molar-refractivity contribution in [2.24, 2.45) is 5.73 Å². The van der Waals surface area contributed by atoms with Crippen LogP contribution >= 0.6 is 0 Å². The van der Waals surface area contributed by atoms with E-state index in [4.69, 9.17) is 20.3 Å². The second-order valence-electron chi connectivity index (χ2n) is 3.44. The topological polar surface area (TPSA) is 84.9 Å². The van der Waals surface area contributed by atoms with Gasteiger partial charge in [-0.2, -0.15) is 0 Å². The minimum atomic E-state index is -0.950. The first-order valence-corrected chi connectivity index (χ1v) is 4.89. The summed E-state index contributed by atoms with van der Waals surface area (Å²) in [4.78, 5) is 0. The summed E-state index contributed by atoms with van der Waals surface area (Å²) in [6, 6.07) is 4.28. The van der Waals surface area contributed by atoms with Gasteiger partial charge in [0.2, 0.25) is 0 Å². The summed E-state index contributed by atoms with van der Waals surface area (Å²) in [6.45, 7) is -0.291. The van der Waals surface area contributed by atoms with E-state index in [0.717, 1.165) is 0 Å². The van der Waals surface area contributed by atoms with Gasteiger partial charge in [-0.25, -0.2) is 0 Å². The number of hydrogen-bond acceptors (Lipinski definition) is 5. The summed E-state index contributed by atoms with van der Waals surface area (Å²) in [5, 5.41) is 18.7. The van der Waals surface area contributed by atoms with Gasteiger partial charge in [0.15, 0.2) is 0 Å². The van der Waals surface area contributed by atoms with Crippen LogP contribution in [0, 0.1) is 0 Å². The molecule has 1 aromatic carbocycles. The molecule has 0 saturated heterocycles. The molecule has 4 N–H and O–H groups in total. The fraction of sp³-hybridized carbons (Fsp3) is 0.455. The van der Waals surface area contributed by atoms with Gasteiger partial charge in [-0.3, -0.25) is 0 Å². The van der Waals surface area contributed by atoms with Gasteiger partial charge < -0.3 is 25.4 Å². The standard InChI is InChI=1S/C11H17NO4/c1-15-8-3-7(4-9(5-8)16-2)11(14)10(12)6-13/h3-5,10-11,13-14H,6,12H2,1-2H3. The highest BCUT2D eigenvalue weighted by Crippen LogP contribution is 2.27. The molecular weight excluding hydrogens is 210 g/mol. The van der Waals surface area contributed by atoms with Gasteiger partial charge in [-0.15, -0.1) is 0 Å². The lowest BCUT2D eigenvalue weighted by Crippen LogP contribution is -2.31. The molecule has 1 aromatic rings. The van der Waals surface area contributed by atoms with Crippen LogP contribution in [0.3, 0.4) is 0 Å². The smallest absolute Gasteiger partial charge is 0.122 e. The molecular formula is C11H17NO4. The maximum absolute atomic E-state index is 9.83. The molecule has 0 aliphatic carbocycles. The Bertz CT molecular complexity index is 321. The minimum absolute atomic E-state index is 0.291. The molecule has 5 nitrogen and oxygen atoms in total. The van der Waals surface area contributed by atoms with Crippen molar-refractivity contribution in [1.29, 1.82) is 0 Å². The molecule has 0 amide bonds. The molecule has 0 radical (unpaired) electrons. The van der Waals surface area contributed by atoms with Crippen LogP contribution in [0.4, 0.5) is 0 Å². The van der Waals surface area contributed by atoms with Crippen LogP contribution in [-0.4, -0.2) is 37.1 Å². The van der Waals surface area contributed by atoms with Crippen LogP contribution in [0.5, 0.6) is 11.5 Å². The Kier molecular flexibility index (Phi) is 4.54. The van der Waals surface area contributed by atoms with E-state index in [1.54, 1.807) is 18.2 Å². The van der Waals surface area contributed by atoms with Crippen LogP contribution < -0.4 is 15.2 Å². The van der Waals surface area contributed by atoms with E-state index < -0.39 is 12.1 Å². The number of aliphatic hydroxyl groups excluding tert-OH is 2. The molecule has 0 aliphatic heterocycles. The van der Waals surface area contributed by atoms with Crippen molar-refractivity contribution in [3.8, 4) is 11.5 Å². The van der Waals surface area contributed by atoms with Gasteiger partial charge in [-0.05, 0) is 17.7 Å². The molecule has 0 aromatic heterocycles. The predicted octanol–water partition coefficient (Wildman–Crippen LogP) is 0.0568. The van der Waals surface area contributed by atoms with Crippen LogP contribution in [0.1, 0.15) is 11.7 Å². The first-order valence-electron chi connectivity index (χ1n) is 4.89. The lowest BCUT2D eigenvalue weighted by atomic mass is 10.0. The van der Waals surface area contributed by atoms with Gasteiger partial charge in [0.25, 0.3) is 0 Å². The summed E-state index contributed by atoms with van der Waals surface area (Å²) in [5.74, 6) is 1.14. The molecule has 0 spiro atoms. The normalized spacial score (nSPS) is 14.3. The van der Waals surface area contributed by atoms with Crippen LogP contribution in [0.15, 0.2) is 18.2 Å². The zero-order valence-corrected chi connectivity index (χ0v) is 9.38. The van der Waals surface area contributed by atoms with E-state index >= 15 is 0 Å². The SMILES string of the molecule is COc1cc(OC)cc(C(O)C(N)CO)c1. The first-order chi connectivity index (χ1) is 7.62. The molecule has 90 valence electrons. The minimum Gasteiger partial charge on any atom is -0.497 e. The van der Waals surface area contributed by atoms with Crippen molar-refractivity contribution in [3.05, 3.63) is 23.8 Å². The van der Waals surface area contributed by atoms with E-state index in [1.165, 1.54) is 14.2 Å². The Labute approximate surface area is 94.4 Å². The van der Waals surface area contributed by atoms with Crippen molar-refractivity contribution >= 4 is 0 Å².